The molecule has 0 saturated carbocycles. The fourth-order valence-corrected chi connectivity index (χ4v) is 3.32. The van der Waals surface area contributed by atoms with E-state index in [4.69, 9.17) is 4.74 Å². The summed E-state index contributed by atoms with van der Waals surface area (Å²) in [6.07, 6.45) is -1.30. The molecule has 2 aromatic heterocycles. The van der Waals surface area contributed by atoms with Gasteiger partial charge in [-0.3, -0.25) is 14.5 Å². The predicted octanol–water partition coefficient (Wildman–Crippen LogP) is 3.17. The summed E-state index contributed by atoms with van der Waals surface area (Å²) in [5.74, 6) is 0.419. The maximum Gasteiger partial charge on any atom is 0.435 e. The molecule has 6 nitrogen and oxygen atoms in total. The minimum Gasteiger partial charge on any atom is -0.492 e. The zero-order chi connectivity index (χ0) is 19.9. The average molecular weight is 390 g/mol. The van der Waals surface area contributed by atoms with Gasteiger partial charge in [-0.1, -0.05) is 0 Å². The van der Waals surface area contributed by atoms with Crippen molar-refractivity contribution in [1.29, 1.82) is 0 Å². The fraction of sp³-hybridized carbons (Fsp3) is 0.316. The van der Waals surface area contributed by atoms with Gasteiger partial charge < -0.3 is 10.1 Å². The van der Waals surface area contributed by atoms with Crippen molar-refractivity contribution in [3.05, 3.63) is 42.4 Å². The molecule has 3 aromatic rings. The Morgan fingerprint density at radius 1 is 1.36 bits per heavy atom. The van der Waals surface area contributed by atoms with E-state index in [1.807, 2.05) is 0 Å². The third-order valence-electron chi connectivity index (χ3n) is 4.63. The summed E-state index contributed by atoms with van der Waals surface area (Å²) in [4.78, 5) is 15.6. The van der Waals surface area contributed by atoms with E-state index in [9.17, 15) is 18.0 Å². The molecule has 1 N–H and O–H groups in total. The van der Waals surface area contributed by atoms with Crippen molar-refractivity contribution in [2.24, 2.45) is 13.0 Å². The topological polar surface area (TPSA) is 69.0 Å². The molecular formula is C19H17F3N4O2. The van der Waals surface area contributed by atoms with Crippen molar-refractivity contribution in [1.82, 2.24) is 20.1 Å². The van der Waals surface area contributed by atoms with Crippen LogP contribution in [0.3, 0.4) is 0 Å². The lowest BCUT2D eigenvalue weighted by atomic mass is 10.0. The van der Waals surface area contributed by atoms with E-state index in [2.05, 4.69) is 15.4 Å². The molecule has 0 aliphatic carbocycles. The standard InChI is InChI=1S/C19H17F3N4O2/c1-26-9-14(18(25-26)19(20,21)22)12-6-15-13(3-2-4-23-15)16(7-12)28-10-11-5-17(27)24-8-11/h2-4,6-7,9,11H,5,8,10H2,1H3,(H,24,27)/t11-/m1/s1. The monoisotopic (exact) mass is 390 g/mol. The summed E-state index contributed by atoms with van der Waals surface area (Å²) in [5.41, 5.74) is -0.151. The molecule has 0 bridgehead atoms. The molecule has 0 radical (unpaired) electrons. The van der Waals surface area contributed by atoms with E-state index in [1.165, 1.54) is 13.2 Å². The molecule has 1 amide bonds. The Kier molecular flexibility index (Phi) is 4.44. The predicted molar refractivity (Wildman–Crippen MR) is 95.6 cm³/mol. The number of benzene rings is 1. The zero-order valence-electron chi connectivity index (χ0n) is 15.0. The van der Waals surface area contributed by atoms with Crippen LogP contribution in [0.4, 0.5) is 13.2 Å². The maximum atomic E-state index is 13.4. The van der Waals surface area contributed by atoms with Gasteiger partial charge >= 0.3 is 6.18 Å². The number of halogens is 3. The second kappa shape index (κ2) is 6.81. The Balaban J connectivity index is 1.75. The van der Waals surface area contributed by atoms with Gasteiger partial charge in [0, 0.05) is 49.3 Å². The van der Waals surface area contributed by atoms with Gasteiger partial charge in [-0.05, 0) is 29.8 Å². The molecule has 1 atom stereocenters. The SMILES string of the molecule is Cn1cc(-c2cc(OC[C@H]3CNC(=O)C3)c3cccnc3c2)c(C(F)(F)F)n1. The Morgan fingerprint density at radius 3 is 2.89 bits per heavy atom. The van der Waals surface area contributed by atoms with E-state index in [1.54, 1.807) is 30.5 Å². The minimum absolute atomic E-state index is 0.0204. The summed E-state index contributed by atoms with van der Waals surface area (Å²) in [6, 6.07) is 6.70. The van der Waals surface area contributed by atoms with Crippen molar-refractivity contribution in [3.63, 3.8) is 0 Å². The molecule has 4 rings (SSSR count). The Labute approximate surface area is 158 Å². The molecule has 9 heteroatoms. The van der Waals surface area contributed by atoms with Gasteiger partial charge in [-0.2, -0.15) is 18.3 Å². The third kappa shape index (κ3) is 3.51. The number of amides is 1. The number of alkyl halides is 3. The molecule has 28 heavy (non-hydrogen) atoms. The van der Waals surface area contributed by atoms with Crippen molar-refractivity contribution in [2.45, 2.75) is 12.6 Å². The number of aromatic nitrogens is 3. The van der Waals surface area contributed by atoms with Crippen LogP contribution < -0.4 is 10.1 Å². The number of hydrogen-bond donors (Lipinski definition) is 1. The van der Waals surface area contributed by atoms with Crippen molar-refractivity contribution < 1.29 is 22.7 Å². The van der Waals surface area contributed by atoms with E-state index in [0.717, 1.165) is 4.68 Å². The van der Waals surface area contributed by atoms with Crippen LogP contribution in [0.5, 0.6) is 5.75 Å². The van der Waals surface area contributed by atoms with Crippen molar-refractivity contribution in [2.75, 3.05) is 13.2 Å². The van der Waals surface area contributed by atoms with E-state index in [0.29, 0.717) is 35.2 Å². The van der Waals surface area contributed by atoms with Crippen LogP contribution in [-0.4, -0.2) is 33.8 Å². The van der Waals surface area contributed by atoms with Gasteiger partial charge in [0.05, 0.1) is 12.1 Å². The highest BCUT2D eigenvalue weighted by molar-refractivity contribution is 5.90. The molecule has 1 aliphatic rings. The quantitative estimate of drug-likeness (QED) is 0.743. The second-order valence-electron chi connectivity index (χ2n) is 6.79. The summed E-state index contributed by atoms with van der Waals surface area (Å²) in [7, 11) is 1.44. The number of nitrogens with zero attached hydrogens (tertiary/aromatic N) is 3. The normalized spacial score (nSPS) is 17.1. The van der Waals surface area contributed by atoms with Gasteiger partial charge in [0.1, 0.15) is 5.75 Å². The molecule has 1 aliphatic heterocycles. The van der Waals surface area contributed by atoms with Crippen molar-refractivity contribution in [3.8, 4) is 16.9 Å². The van der Waals surface area contributed by atoms with Crippen molar-refractivity contribution >= 4 is 16.8 Å². The second-order valence-corrected chi connectivity index (χ2v) is 6.79. The molecule has 3 heterocycles. The average Bonchev–Trinajstić information content (AvgIpc) is 3.25. The molecule has 0 unspecified atom stereocenters. The maximum absolute atomic E-state index is 13.4. The smallest absolute Gasteiger partial charge is 0.435 e. The van der Waals surface area contributed by atoms with Gasteiger partial charge in [0.2, 0.25) is 5.91 Å². The summed E-state index contributed by atoms with van der Waals surface area (Å²) in [6.45, 7) is 0.806. The number of rotatable bonds is 4. The molecule has 1 aromatic carbocycles. The van der Waals surface area contributed by atoms with Gasteiger partial charge in [0.25, 0.3) is 0 Å². The first-order chi connectivity index (χ1) is 13.3. The number of carbonyl (C=O) groups excluding carboxylic acids is 1. The van der Waals surface area contributed by atoms with Crippen LogP contribution in [0.2, 0.25) is 0 Å². The highest BCUT2D eigenvalue weighted by Gasteiger charge is 2.37. The Bertz CT molecular complexity index is 1050. The number of hydrogen-bond acceptors (Lipinski definition) is 4. The number of pyridine rings is 1. The highest BCUT2D eigenvalue weighted by Crippen LogP contribution is 2.39. The van der Waals surface area contributed by atoms with Crippen LogP contribution in [0.25, 0.3) is 22.0 Å². The van der Waals surface area contributed by atoms with Crippen LogP contribution in [0, 0.1) is 5.92 Å². The number of carbonyl (C=O) groups is 1. The molecule has 0 spiro atoms. The van der Waals surface area contributed by atoms with E-state index >= 15 is 0 Å². The number of ether oxygens (including phenoxy) is 1. The molecule has 1 saturated heterocycles. The lowest BCUT2D eigenvalue weighted by Crippen LogP contribution is -2.16. The van der Waals surface area contributed by atoms with Crippen LogP contribution in [0.15, 0.2) is 36.7 Å². The van der Waals surface area contributed by atoms with Gasteiger partial charge in [-0.15, -0.1) is 0 Å². The highest BCUT2D eigenvalue weighted by atomic mass is 19.4. The van der Waals surface area contributed by atoms with E-state index in [-0.39, 0.29) is 24.0 Å². The largest absolute Gasteiger partial charge is 0.492 e. The molecular weight excluding hydrogens is 373 g/mol. The fourth-order valence-electron chi connectivity index (χ4n) is 3.32. The first-order valence-electron chi connectivity index (χ1n) is 8.71. The summed E-state index contributed by atoms with van der Waals surface area (Å²) in [5, 5.41) is 7.01. The first-order valence-corrected chi connectivity index (χ1v) is 8.71. The molecule has 146 valence electrons. The summed E-state index contributed by atoms with van der Waals surface area (Å²) < 4.78 is 47.2. The number of aryl methyl sites for hydroxylation is 1. The number of fused-ring (bicyclic) bond motifs is 1. The Hall–Kier alpha value is -3.10. The lowest BCUT2D eigenvalue weighted by Gasteiger charge is -2.14. The molecule has 1 fully saturated rings. The van der Waals surface area contributed by atoms with Crippen LogP contribution in [-0.2, 0) is 18.0 Å². The number of nitrogens with one attached hydrogen (secondary N) is 1. The lowest BCUT2D eigenvalue weighted by molar-refractivity contribution is -0.141. The minimum atomic E-state index is -4.58. The van der Waals surface area contributed by atoms with Crippen LogP contribution >= 0.6 is 0 Å². The Morgan fingerprint density at radius 2 is 2.18 bits per heavy atom. The van der Waals surface area contributed by atoms with Gasteiger partial charge in [-0.25, -0.2) is 0 Å². The third-order valence-corrected chi connectivity index (χ3v) is 4.63. The van der Waals surface area contributed by atoms with E-state index < -0.39 is 11.9 Å². The first kappa shape index (κ1) is 18.3. The zero-order valence-corrected chi connectivity index (χ0v) is 15.0. The van der Waals surface area contributed by atoms with Gasteiger partial charge in [0.15, 0.2) is 5.69 Å². The van der Waals surface area contributed by atoms with Crippen LogP contribution in [0.1, 0.15) is 12.1 Å². The summed E-state index contributed by atoms with van der Waals surface area (Å²) >= 11 is 0.